The van der Waals surface area contributed by atoms with Crippen LogP contribution < -0.4 is 20.3 Å². The molecule has 0 saturated heterocycles. The monoisotopic (exact) mass is 546 g/mol. The molecule has 2 aliphatic rings. The number of carboxylic acid groups (broad SMARTS) is 1. The molecule has 0 aliphatic carbocycles. The fourth-order valence-electron chi connectivity index (χ4n) is 4.33. The standard InChI is InChI=1S/C27H26N6O5S/c1-17-9-11-20(12-10-17)39(37,38)32-25-26(36)33(16-23(34)35)22-8-3-2-7-21(22)24(31-25)18-5-4-6-19(15-18)30-27-28-13-14-29-27/h2-12,15,25,32H,13-14,16H2,1H3,(H,34,35)(H2,28,29,30). The number of anilines is 2. The number of fused-ring (bicyclic) bond motifs is 1. The first-order chi connectivity index (χ1) is 18.7. The molecule has 0 radical (unpaired) electrons. The van der Waals surface area contributed by atoms with E-state index in [0.717, 1.165) is 17.0 Å². The van der Waals surface area contributed by atoms with E-state index in [1.165, 1.54) is 12.1 Å². The first-order valence-electron chi connectivity index (χ1n) is 12.2. The van der Waals surface area contributed by atoms with Gasteiger partial charge in [-0.1, -0.05) is 48.0 Å². The predicted molar refractivity (Wildman–Crippen MR) is 148 cm³/mol. The second-order valence-corrected chi connectivity index (χ2v) is 10.7. The number of aliphatic imine (C=N–C) groups is 2. The molecule has 5 rings (SSSR count). The van der Waals surface area contributed by atoms with Crippen LogP contribution in [0.1, 0.15) is 16.7 Å². The van der Waals surface area contributed by atoms with Crippen LogP contribution in [0.15, 0.2) is 87.7 Å². The molecule has 11 nitrogen and oxygen atoms in total. The van der Waals surface area contributed by atoms with Gasteiger partial charge in [-0.3, -0.25) is 24.5 Å². The molecule has 39 heavy (non-hydrogen) atoms. The van der Waals surface area contributed by atoms with E-state index in [4.69, 9.17) is 0 Å². The Labute approximate surface area is 225 Å². The van der Waals surface area contributed by atoms with Crippen molar-refractivity contribution >= 4 is 44.9 Å². The number of hydrogen-bond acceptors (Lipinski definition) is 8. The minimum Gasteiger partial charge on any atom is -0.480 e. The van der Waals surface area contributed by atoms with Crippen molar-refractivity contribution in [2.24, 2.45) is 9.98 Å². The number of benzene rings is 3. The number of amides is 1. The van der Waals surface area contributed by atoms with Crippen LogP contribution in [0.3, 0.4) is 0 Å². The van der Waals surface area contributed by atoms with Gasteiger partial charge in [-0.05, 0) is 37.3 Å². The highest BCUT2D eigenvalue weighted by atomic mass is 32.2. The molecule has 0 aromatic heterocycles. The molecule has 200 valence electrons. The van der Waals surface area contributed by atoms with Gasteiger partial charge >= 0.3 is 5.97 Å². The summed E-state index contributed by atoms with van der Waals surface area (Å²) in [4.78, 5) is 35.3. The lowest BCUT2D eigenvalue weighted by molar-refractivity contribution is -0.136. The number of aliphatic carboxylic acids is 1. The van der Waals surface area contributed by atoms with Crippen molar-refractivity contribution in [1.29, 1.82) is 0 Å². The number of hydrogen-bond donors (Lipinski definition) is 4. The van der Waals surface area contributed by atoms with Gasteiger partial charge in [0, 0.05) is 23.4 Å². The van der Waals surface area contributed by atoms with Gasteiger partial charge in [-0.2, -0.15) is 4.72 Å². The minimum atomic E-state index is -4.18. The van der Waals surface area contributed by atoms with Crippen LogP contribution in [0.5, 0.6) is 0 Å². The van der Waals surface area contributed by atoms with Gasteiger partial charge in [0.05, 0.1) is 22.8 Å². The molecule has 3 aromatic rings. The largest absolute Gasteiger partial charge is 0.480 e. The Morgan fingerprint density at radius 1 is 1.10 bits per heavy atom. The highest BCUT2D eigenvalue weighted by molar-refractivity contribution is 7.89. The number of carbonyl (C=O) groups is 2. The summed E-state index contributed by atoms with van der Waals surface area (Å²) in [6, 6.07) is 20.1. The first kappa shape index (κ1) is 26.1. The number of benzodiazepines with no additional fused rings is 1. The number of carbonyl (C=O) groups excluding carboxylic acids is 1. The van der Waals surface area contributed by atoms with E-state index in [1.807, 2.05) is 13.0 Å². The van der Waals surface area contributed by atoms with Crippen molar-refractivity contribution in [2.75, 3.05) is 29.9 Å². The maximum absolute atomic E-state index is 13.7. The molecule has 0 spiro atoms. The number of para-hydroxylation sites is 1. The van der Waals surface area contributed by atoms with Gasteiger partial charge in [-0.25, -0.2) is 8.42 Å². The lowest BCUT2D eigenvalue weighted by Crippen LogP contribution is -2.48. The van der Waals surface area contributed by atoms with Crippen LogP contribution in [-0.4, -0.2) is 62.9 Å². The molecule has 1 unspecified atom stereocenters. The second-order valence-electron chi connectivity index (χ2n) is 9.01. The fraction of sp³-hybridized carbons (Fsp3) is 0.185. The van der Waals surface area contributed by atoms with Crippen LogP contribution >= 0.6 is 0 Å². The van der Waals surface area contributed by atoms with Crippen molar-refractivity contribution in [3.05, 3.63) is 89.5 Å². The van der Waals surface area contributed by atoms with E-state index in [9.17, 15) is 23.1 Å². The van der Waals surface area contributed by atoms with Crippen LogP contribution in [0.4, 0.5) is 11.4 Å². The molecule has 1 amide bonds. The summed E-state index contributed by atoms with van der Waals surface area (Å²) in [5, 5.41) is 15.9. The number of guanidine groups is 1. The molecule has 1 atom stereocenters. The van der Waals surface area contributed by atoms with E-state index in [0.29, 0.717) is 40.7 Å². The molecular formula is C27H26N6O5S. The zero-order chi connectivity index (χ0) is 27.6. The average Bonchev–Trinajstić information content (AvgIpc) is 3.39. The Morgan fingerprint density at radius 2 is 1.87 bits per heavy atom. The maximum Gasteiger partial charge on any atom is 0.323 e. The van der Waals surface area contributed by atoms with Crippen LogP contribution in [0.2, 0.25) is 0 Å². The third kappa shape index (κ3) is 5.66. The Kier molecular flexibility index (Phi) is 7.13. The third-order valence-corrected chi connectivity index (χ3v) is 7.60. The number of nitrogens with zero attached hydrogens (tertiary/aromatic N) is 3. The summed E-state index contributed by atoms with van der Waals surface area (Å²) in [5.74, 6) is -1.44. The molecule has 3 aromatic carbocycles. The van der Waals surface area contributed by atoms with Crippen molar-refractivity contribution in [1.82, 2.24) is 10.0 Å². The Bertz CT molecular complexity index is 1600. The van der Waals surface area contributed by atoms with Gasteiger partial charge in [0.1, 0.15) is 6.54 Å². The molecule has 2 aliphatic heterocycles. The van der Waals surface area contributed by atoms with Crippen LogP contribution in [0.25, 0.3) is 0 Å². The van der Waals surface area contributed by atoms with Gasteiger partial charge < -0.3 is 15.7 Å². The Balaban J connectivity index is 1.61. The number of nitrogens with one attached hydrogen (secondary N) is 3. The molecular weight excluding hydrogens is 520 g/mol. The normalized spacial score (nSPS) is 17.0. The number of carboxylic acids is 1. The predicted octanol–water partition coefficient (Wildman–Crippen LogP) is 1.94. The van der Waals surface area contributed by atoms with Gasteiger partial charge in [-0.15, -0.1) is 0 Å². The van der Waals surface area contributed by atoms with Gasteiger partial charge in [0.25, 0.3) is 5.91 Å². The average molecular weight is 547 g/mol. The first-order valence-corrected chi connectivity index (χ1v) is 13.6. The number of rotatable bonds is 7. The smallest absolute Gasteiger partial charge is 0.323 e. The summed E-state index contributed by atoms with van der Waals surface area (Å²) < 4.78 is 28.9. The topological polar surface area (TPSA) is 153 Å². The van der Waals surface area contributed by atoms with E-state index < -0.39 is 34.6 Å². The quantitative estimate of drug-likeness (QED) is 0.353. The van der Waals surface area contributed by atoms with Crippen LogP contribution in [0, 0.1) is 6.92 Å². The lowest BCUT2D eigenvalue weighted by atomic mass is 9.99. The molecule has 0 bridgehead atoms. The minimum absolute atomic E-state index is 0.0415. The van der Waals surface area contributed by atoms with Crippen molar-refractivity contribution in [3.63, 3.8) is 0 Å². The third-order valence-electron chi connectivity index (χ3n) is 6.17. The lowest BCUT2D eigenvalue weighted by Gasteiger charge is -2.23. The molecule has 2 heterocycles. The zero-order valence-corrected chi connectivity index (χ0v) is 21.8. The van der Waals surface area contributed by atoms with E-state index in [-0.39, 0.29) is 4.90 Å². The highest BCUT2D eigenvalue weighted by Gasteiger charge is 2.35. The van der Waals surface area contributed by atoms with E-state index in [1.54, 1.807) is 54.6 Å². The van der Waals surface area contributed by atoms with Crippen molar-refractivity contribution in [2.45, 2.75) is 18.0 Å². The summed E-state index contributed by atoms with van der Waals surface area (Å²) >= 11 is 0. The fourth-order valence-corrected chi connectivity index (χ4v) is 5.41. The summed E-state index contributed by atoms with van der Waals surface area (Å²) in [6.07, 6.45) is -1.62. The molecule has 0 fully saturated rings. The number of sulfonamides is 1. The van der Waals surface area contributed by atoms with Crippen molar-refractivity contribution in [3.8, 4) is 0 Å². The summed E-state index contributed by atoms with van der Waals surface area (Å²) in [6.45, 7) is 2.54. The van der Waals surface area contributed by atoms with E-state index >= 15 is 0 Å². The molecule has 4 N–H and O–H groups in total. The maximum atomic E-state index is 13.7. The van der Waals surface area contributed by atoms with Gasteiger partial charge in [0.15, 0.2) is 12.1 Å². The summed E-state index contributed by atoms with van der Waals surface area (Å²) in [7, 11) is -4.18. The summed E-state index contributed by atoms with van der Waals surface area (Å²) in [5.41, 5.74) is 3.29. The Morgan fingerprint density at radius 3 is 2.59 bits per heavy atom. The van der Waals surface area contributed by atoms with E-state index in [2.05, 4.69) is 25.3 Å². The number of aryl methyl sites for hydroxylation is 1. The second kappa shape index (κ2) is 10.7. The van der Waals surface area contributed by atoms with Crippen molar-refractivity contribution < 1.29 is 23.1 Å². The Hall–Kier alpha value is -4.55. The SMILES string of the molecule is Cc1ccc(S(=O)(=O)NC2N=C(c3cccc(NC4=NCCN4)c3)c3ccccc3N(CC(=O)O)C2=O)cc1. The highest BCUT2D eigenvalue weighted by Crippen LogP contribution is 2.29. The molecule has 0 saturated carbocycles. The zero-order valence-electron chi connectivity index (χ0n) is 21.0. The van der Waals surface area contributed by atoms with Gasteiger partial charge in [0.2, 0.25) is 10.0 Å². The van der Waals surface area contributed by atoms with Crippen LogP contribution in [-0.2, 0) is 19.6 Å². The molecule has 12 heteroatoms.